The van der Waals surface area contributed by atoms with Crippen LogP contribution in [0.4, 0.5) is 0 Å². The van der Waals surface area contributed by atoms with Gasteiger partial charge < -0.3 is 0 Å². The van der Waals surface area contributed by atoms with Crippen LogP contribution in [0.25, 0.3) is 20.8 Å². The number of hydrogen-bond acceptors (Lipinski definition) is 3. The van der Waals surface area contributed by atoms with Gasteiger partial charge in [0, 0.05) is 0 Å². The van der Waals surface area contributed by atoms with Crippen molar-refractivity contribution in [3.8, 4) is 10.6 Å². The molecule has 0 radical (unpaired) electrons. The van der Waals surface area contributed by atoms with Crippen molar-refractivity contribution in [1.82, 2.24) is 4.98 Å². The summed E-state index contributed by atoms with van der Waals surface area (Å²) in [6.45, 7) is 4.04. The molecule has 3 rings (SSSR count). The highest BCUT2D eigenvalue weighted by Crippen LogP contribution is 2.29. The van der Waals surface area contributed by atoms with Crippen molar-refractivity contribution >= 4 is 21.6 Å². The van der Waals surface area contributed by atoms with Gasteiger partial charge in [-0.1, -0.05) is 12.1 Å². The standard InChI is InChI=1S/C14H12N2S/c1-8-7-12-14(13(15)9(8)2)16-10-5-3-4-6-11(10)17-12/h3-7,15H,1-2H3. The summed E-state index contributed by atoms with van der Waals surface area (Å²) in [6.07, 6.45) is 0. The van der Waals surface area contributed by atoms with E-state index < -0.39 is 0 Å². The van der Waals surface area contributed by atoms with E-state index in [-0.39, 0.29) is 0 Å². The van der Waals surface area contributed by atoms with Gasteiger partial charge in [0.1, 0.15) is 5.69 Å². The van der Waals surface area contributed by atoms with Crippen LogP contribution in [-0.2, 0) is 0 Å². The summed E-state index contributed by atoms with van der Waals surface area (Å²) in [5, 5.41) is 8.71. The minimum atomic E-state index is 0.557. The number of para-hydroxylation sites is 1. The first-order chi connectivity index (χ1) is 8.16. The Hall–Kier alpha value is -1.74. The SMILES string of the molecule is Cc1cc2sc3ccccc3nc-2c(=N)c1C. The third-order valence-corrected chi connectivity index (χ3v) is 4.20. The monoisotopic (exact) mass is 240 g/mol. The number of aromatic nitrogens is 1. The molecule has 0 amide bonds. The van der Waals surface area contributed by atoms with Crippen LogP contribution >= 0.6 is 11.3 Å². The minimum absolute atomic E-state index is 0.557. The maximum absolute atomic E-state index is 8.15. The largest absolute Gasteiger partial charge is 0.298 e. The highest BCUT2D eigenvalue weighted by molar-refractivity contribution is 7.21. The fourth-order valence-electron chi connectivity index (χ4n) is 1.93. The molecular weight excluding hydrogens is 228 g/mol. The van der Waals surface area contributed by atoms with E-state index in [9.17, 15) is 0 Å². The van der Waals surface area contributed by atoms with Gasteiger partial charge >= 0.3 is 0 Å². The molecule has 1 aliphatic carbocycles. The maximum atomic E-state index is 8.15. The molecular formula is C14H12N2S. The van der Waals surface area contributed by atoms with Gasteiger partial charge in [0.25, 0.3) is 0 Å². The molecule has 17 heavy (non-hydrogen) atoms. The third-order valence-electron chi connectivity index (χ3n) is 3.10. The topological polar surface area (TPSA) is 36.7 Å². The molecule has 0 aromatic heterocycles. The van der Waals surface area contributed by atoms with E-state index in [0.29, 0.717) is 5.36 Å². The molecule has 1 aromatic carbocycles. The van der Waals surface area contributed by atoms with Crippen LogP contribution in [0.5, 0.6) is 0 Å². The van der Waals surface area contributed by atoms with E-state index in [2.05, 4.69) is 24.0 Å². The second kappa shape index (κ2) is 3.64. The Morgan fingerprint density at radius 3 is 2.76 bits per heavy atom. The number of nitrogens with zero attached hydrogens (tertiary/aromatic N) is 1. The summed E-state index contributed by atoms with van der Waals surface area (Å²) < 4.78 is 1.17. The van der Waals surface area contributed by atoms with E-state index in [4.69, 9.17) is 5.41 Å². The van der Waals surface area contributed by atoms with E-state index in [1.807, 2.05) is 25.1 Å². The van der Waals surface area contributed by atoms with Crippen LogP contribution in [0.3, 0.4) is 0 Å². The number of aryl methyl sites for hydroxylation is 1. The Bertz CT molecular complexity index is 743. The third kappa shape index (κ3) is 1.54. The number of benzene rings is 2. The predicted octanol–water partition coefficient (Wildman–Crippen LogP) is 3.50. The molecule has 0 fully saturated rings. The van der Waals surface area contributed by atoms with Crippen LogP contribution in [0.1, 0.15) is 11.1 Å². The molecule has 1 heterocycles. The Morgan fingerprint density at radius 2 is 1.94 bits per heavy atom. The average molecular weight is 240 g/mol. The molecule has 2 nitrogen and oxygen atoms in total. The normalized spacial score (nSPS) is 11.2. The van der Waals surface area contributed by atoms with Crippen molar-refractivity contribution in [1.29, 1.82) is 5.41 Å². The Balaban J connectivity index is 2.53. The lowest BCUT2D eigenvalue weighted by atomic mass is 10.1. The summed E-state index contributed by atoms with van der Waals surface area (Å²) >= 11 is 1.71. The van der Waals surface area contributed by atoms with Crippen molar-refractivity contribution in [3.05, 3.63) is 46.8 Å². The highest BCUT2D eigenvalue weighted by atomic mass is 32.1. The van der Waals surface area contributed by atoms with E-state index in [0.717, 1.165) is 27.2 Å². The predicted molar refractivity (Wildman–Crippen MR) is 71.6 cm³/mol. The first-order valence-electron chi connectivity index (χ1n) is 5.51. The van der Waals surface area contributed by atoms with Gasteiger partial charge in [-0.3, -0.25) is 5.41 Å². The zero-order valence-corrected chi connectivity index (χ0v) is 10.6. The number of rotatable bonds is 0. The minimum Gasteiger partial charge on any atom is -0.298 e. The number of hydrogen-bond donors (Lipinski definition) is 1. The second-order valence-electron chi connectivity index (χ2n) is 4.22. The average Bonchev–Trinajstić information content (AvgIpc) is 2.34. The molecule has 0 atom stereocenters. The molecule has 1 aliphatic heterocycles. The van der Waals surface area contributed by atoms with Crippen LogP contribution in [-0.4, -0.2) is 4.98 Å². The Kier molecular flexibility index (Phi) is 2.23. The second-order valence-corrected chi connectivity index (χ2v) is 5.31. The number of fused-ring (bicyclic) bond motifs is 2. The summed E-state index contributed by atoms with van der Waals surface area (Å²) in [5.41, 5.74) is 3.97. The van der Waals surface area contributed by atoms with E-state index in [1.165, 1.54) is 4.70 Å². The fourth-order valence-corrected chi connectivity index (χ4v) is 3.02. The molecule has 1 aromatic rings. The van der Waals surface area contributed by atoms with E-state index >= 15 is 0 Å². The summed E-state index contributed by atoms with van der Waals surface area (Å²) in [4.78, 5) is 5.70. The van der Waals surface area contributed by atoms with Gasteiger partial charge in [0.05, 0.1) is 20.5 Å². The molecule has 84 valence electrons. The van der Waals surface area contributed by atoms with Gasteiger partial charge in [0.2, 0.25) is 0 Å². The molecule has 0 unspecified atom stereocenters. The van der Waals surface area contributed by atoms with Crippen LogP contribution in [0.15, 0.2) is 30.3 Å². The van der Waals surface area contributed by atoms with Crippen molar-refractivity contribution < 1.29 is 0 Å². The van der Waals surface area contributed by atoms with Crippen LogP contribution in [0, 0.1) is 19.3 Å². The number of nitrogens with one attached hydrogen (secondary N) is 1. The lowest BCUT2D eigenvalue weighted by molar-refractivity contribution is 1.15. The van der Waals surface area contributed by atoms with Crippen molar-refractivity contribution in [2.24, 2.45) is 0 Å². The molecule has 0 saturated carbocycles. The lowest BCUT2D eigenvalue weighted by Gasteiger charge is -2.09. The Morgan fingerprint density at radius 1 is 1.18 bits per heavy atom. The van der Waals surface area contributed by atoms with Crippen LogP contribution < -0.4 is 5.36 Å². The molecule has 0 spiro atoms. The van der Waals surface area contributed by atoms with Crippen molar-refractivity contribution in [2.45, 2.75) is 13.8 Å². The lowest BCUT2D eigenvalue weighted by Crippen LogP contribution is -2.12. The van der Waals surface area contributed by atoms with Crippen molar-refractivity contribution in [3.63, 3.8) is 0 Å². The van der Waals surface area contributed by atoms with Gasteiger partial charge in [-0.2, -0.15) is 0 Å². The van der Waals surface area contributed by atoms with Gasteiger partial charge in [-0.25, -0.2) is 4.98 Å². The molecule has 2 aliphatic rings. The summed E-state index contributed by atoms with van der Waals surface area (Å²) in [6, 6.07) is 10.2. The zero-order chi connectivity index (χ0) is 12.0. The van der Waals surface area contributed by atoms with Gasteiger partial charge in [0.15, 0.2) is 0 Å². The quantitative estimate of drug-likeness (QED) is 0.600. The first-order valence-corrected chi connectivity index (χ1v) is 6.33. The van der Waals surface area contributed by atoms with Gasteiger partial charge in [-0.15, -0.1) is 11.3 Å². The molecule has 0 bridgehead atoms. The molecule has 3 heteroatoms. The Labute approximate surface area is 103 Å². The zero-order valence-electron chi connectivity index (χ0n) is 9.74. The first kappa shape index (κ1) is 10.4. The fraction of sp³-hybridized carbons (Fsp3) is 0.143. The van der Waals surface area contributed by atoms with Crippen LogP contribution in [0.2, 0.25) is 0 Å². The highest BCUT2D eigenvalue weighted by Gasteiger charge is 2.11. The summed E-state index contributed by atoms with van der Waals surface area (Å²) in [7, 11) is 0. The smallest absolute Gasteiger partial charge is 0.106 e. The maximum Gasteiger partial charge on any atom is 0.106 e. The summed E-state index contributed by atoms with van der Waals surface area (Å²) in [5.74, 6) is 0. The van der Waals surface area contributed by atoms with Crippen molar-refractivity contribution in [2.75, 3.05) is 0 Å². The van der Waals surface area contributed by atoms with Gasteiger partial charge in [-0.05, 0) is 43.2 Å². The molecule has 0 saturated heterocycles. The molecule has 1 N–H and O–H groups in total. The van der Waals surface area contributed by atoms with E-state index in [1.54, 1.807) is 11.3 Å².